The predicted octanol–water partition coefficient (Wildman–Crippen LogP) is 1.23. The van der Waals surface area contributed by atoms with Crippen LogP contribution in [0.2, 0.25) is 0 Å². The van der Waals surface area contributed by atoms with E-state index in [2.05, 4.69) is 31.9 Å². The van der Waals surface area contributed by atoms with Crippen LogP contribution in [0.3, 0.4) is 0 Å². The Labute approximate surface area is 439 Å². The van der Waals surface area contributed by atoms with Crippen molar-refractivity contribution in [3.63, 3.8) is 0 Å². The van der Waals surface area contributed by atoms with Crippen LogP contribution >= 0.6 is 11.8 Å². The van der Waals surface area contributed by atoms with Gasteiger partial charge in [-0.2, -0.15) is 11.8 Å². The van der Waals surface area contributed by atoms with Gasteiger partial charge in [0.1, 0.15) is 66.3 Å². The fourth-order valence-corrected chi connectivity index (χ4v) is 8.58. The fraction of sp³-hybridized carbons (Fsp3) is 0.580. The summed E-state index contributed by atoms with van der Waals surface area (Å²) in [6, 6.07) is 11.0. The van der Waals surface area contributed by atoms with Gasteiger partial charge < -0.3 is 74.5 Å². The van der Waals surface area contributed by atoms with Gasteiger partial charge in [0.15, 0.2) is 12.6 Å². The summed E-state index contributed by atoms with van der Waals surface area (Å²) in [5.74, 6) is -6.44. The molecule has 4 rings (SSSR count). The lowest BCUT2D eigenvalue weighted by molar-refractivity contribution is -0.351. The van der Waals surface area contributed by atoms with Crippen molar-refractivity contribution in [1.29, 1.82) is 0 Å². The molecule has 2 heterocycles. The molecule has 414 valence electrons. The largest absolute Gasteiger partial charge is 0.467 e. The first-order valence-corrected chi connectivity index (χ1v) is 25.3. The van der Waals surface area contributed by atoms with Gasteiger partial charge in [0, 0.05) is 30.4 Å². The Morgan fingerprint density at radius 1 is 0.693 bits per heavy atom. The molecule has 0 radical (unpaired) electrons. The topological polar surface area (TPSA) is 309 Å². The second-order valence-electron chi connectivity index (χ2n) is 18.5. The highest BCUT2D eigenvalue weighted by atomic mass is 32.2. The summed E-state index contributed by atoms with van der Waals surface area (Å²) in [6.07, 6.45) is -7.65. The highest BCUT2D eigenvalue weighted by molar-refractivity contribution is 7.99. The molecule has 0 saturated carbocycles. The van der Waals surface area contributed by atoms with Crippen LogP contribution in [0.15, 0.2) is 60.7 Å². The van der Waals surface area contributed by atoms with Crippen LogP contribution in [0.25, 0.3) is 0 Å². The van der Waals surface area contributed by atoms with Crippen molar-refractivity contribution in [1.82, 2.24) is 31.9 Å². The molecule has 2 aliphatic rings. The SMILES string of the molecule is COC(=O)[C@H](CSC[C@@H](NC(=O)CC[C@@H](NC(=O)[C@H](C)NC(=O)[C@@H](C)OC1C(NC(C)=O)[C@@H](OCc2ccccc2)OC2COC(c3ccccc3)O[C@H]21)C(=O)OC)C(=O)N[C@H](C)C(=O)OC)NC(=O)OC(C)(C)C. The zero-order valence-electron chi connectivity index (χ0n) is 43.7. The number of methoxy groups -OCH3 is 3. The number of thioether (sulfide) groups is 1. The van der Waals surface area contributed by atoms with E-state index >= 15 is 0 Å². The van der Waals surface area contributed by atoms with Crippen molar-refractivity contribution in [3.8, 4) is 0 Å². The van der Waals surface area contributed by atoms with Crippen molar-refractivity contribution in [2.75, 3.05) is 39.4 Å². The van der Waals surface area contributed by atoms with Crippen molar-refractivity contribution < 1.29 is 85.8 Å². The summed E-state index contributed by atoms with van der Waals surface area (Å²) in [5, 5.41) is 15.3. The normalized spacial score (nSPS) is 21.6. The van der Waals surface area contributed by atoms with Gasteiger partial charge in [0.25, 0.3) is 0 Å². The number of esters is 3. The van der Waals surface area contributed by atoms with Gasteiger partial charge in [0.2, 0.25) is 29.5 Å². The predicted molar refractivity (Wildman–Crippen MR) is 267 cm³/mol. The van der Waals surface area contributed by atoms with Crippen LogP contribution in [0, 0.1) is 0 Å². The Bertz CT molecular complexity index is 2260. The Morgan fingerprint density at radius 3 is 1.91 bits per heavy atom. The molecule has 75 heavy (non-hydrogen) atoms. The third kappa shape index (κ3) is 19.7. The van der Waals surface area contributed by atoms with Crippen molar-refractivity contribution in [2.45, 2.75) is 147 Å². The molecular weight excluding hydrogens is 1000 g/mol. The van der Waals surface area contributed by atoms with Crippen LogP contribution < -0.4 is 31.9 Å². The number of fused-ring (bicyclic) bond motifs is 1. The molecule has 2 fully saturated rings. The average Bonchev–Trinajstić information content (AvgIpc) is 3.37. The Morgan fingerprint density at radius 2 is 1.29 bits per heavy atom. The number of nitrogens with one attached hydrogen (secondary N) is 6. The van der Waals surface area contributed by atoms with Gasteiger partial charge in [-0.05, 0) is 53.5 Å². The summed E-state index contributed by atoms with van der Waals surface area (Å²) in [4.78, 5) is 117. The van der Waals surface area contributed by atoms with E-state index in [1.807, 2.05) is 60.7 Å². The van der Waals surface area contributed by atoms with Crippen molar-refractivity contribution in [3.05, 3.63) is 71.8 Å². The second kappa shape index (κ2) is 29.6. The minimum Gasteiger partial charge on any atom is -0.467 e. The lowest BCUT2D eigenvalue weighted by Crippen LogP contribution is -2.68. The zero-order chi connectivity index (χ0) is 55.4. The van der Waals surface area contributed by atoms with Crippen molar-refractivity contribution >= 4 is 65.3 Å². The van der Waals surface area contributed by atoms with Crippen molar-refractivity contribution in [2.24, 2.45) is 0 Å². The van der Waals surface area contributed by atoms with Gasteiger partial charge in [-0.25, -0.2) is 19.2 Å². The molecule has 0 spiro atoms. The quantitative estimate of drug-likeness (QED) is 0.0602. The molecule has 6 N–H and O–H groups in total. The van der Waals surface area contributed by atoms with Crippen LogP contribution in [0.4, 0.5) is 4.79 Å². The third-order valence-corrected chi connectivity index (χ3v) is 12.4. The highest BCUT2D eigenvalue weighted by Gasteiger charge is 2.52. The molecule has 12 atom stereocenters. The maximum atomic E-state index is 13.8. The minimum atomic E-state index is -1.42. The molecule has 25 heteroatoms. The number of hydrogen-bond donors (Lipinski definition) is 6. The Hall–Kier alpha value is -6.38. The van der Waals surface area contributed by atoms with Crippen LogP contribution in [-0.2, 0) is 87.6 Å². The third-order valence-electron chi connectivity index (χ3n) is 11.3. The smallest absolute Gasteiger partial charge is 0.408 e. The molecule has 0 bridgehead atoms. The summed E-state index contributed by atoms with van der Waals surface area (Å²) in [6.45, 7) is 10.5. The highest BCUT2D eigenvalue weighted by Crippen LogP contribution is 2.36. The molecule has 2 aliphatic heterocycles. The van der Waals surface area contributed by atoms with Crippen LogP contribution in [0.1, 0.15) is 78.7 Å². The number of benzene rings is 2. The van der Waals surface area contributed by atoms with E-state index in [1.54, 1.807) is 20.8 Å². The zero-order valence-corrected chi connectivity index (χ0v) is 44.5. The van der Waals surface area contributed by atoms with Gasteiger partial charge in [-0.3, -0.25) is 24.0 Å². The first kappa shape index (κ1) is 61.2. The summed E-state index contributed by atoms with van der Waals surface area (Å²) < 4.78 is 51.1. The van der Waals surface area contributed by atoms with Gasteiger partial charge >= 0.3 is 24.0 Å². The van der Waals surface area contributed by atoms with Gasteiger partial charge in [0.05, 0.1) is 34.5 Å². The number of rotatable bonds is 25. The number of carbonyl (C=O) groups is 9. The average molecular weight is 1080 g/mol. The lowest BCUT2D eigenvalue weighted by atomic mass is 9.95. The Kier molecular flexibility index (Phi) is 24.2. The first-order chi connectivity index (χ1) is 35.5. The van der Waals surface area contributed by atoms with E-state index in [0.29, 0.717) is 5.56 Å². The van der Waals surface area contributed by atoms with E-state index in [1.165, 1.54) is 27.7 Å². The standard InChI is InChI=1S/C50H70N6O18S/c1-27(51-42(60)29(3)71-40-38(53-30(4)57)48(69-23-31-17-13-11-14-18-31)72-36-24-70-47(73-39(36)40)32-19-15-12-16-20-32)41(59)55-33(45(63)67-9)21-22-37(58)54-34(43(61)52-28(2)44(62)66-8)25-75-26-35(46(64)68-10)56-49(65)74-50(5,6)7/h11-20,27-29,33-36,38-40,47-48H,21-26H2,1-10H3,(H,51,60)(H,52,61)(H,53,57)(H,54,58)(H,55,59)(H,56,65)/t27-,28+,29+,33+,34+,35-,36?,38?,39+,40?,47?,48-/m0/s1. The summed E-state index contributed by atoms with van der Waals surface area (Å²) >= 11 is 0.976. The first-order valence-electron chi connectivity index (χ1n) is 24.1. The number of amides is 6. The molecule has 2 aromatic carbocycles. The van der Waals surface area contributed by atoms with E-state index < -0.39 is 139 Å². The number of carbonyl (C=O) groups excluding carboxylic acids is 9. The van der Waals surface area contributed by atoms with Crippen LogP contribution in [-0.4, -0.2) is 166 Å². The number of ether oxygens (including phenoxy) is 9. The molecule has 2 aromatic rings. The Balaban J connectivity index is 1.43. The maximum absolute atomic E-state index is 13.8. The monoisotopic (exact) mass is 1070 g/mol. The molecule has 4 unspecified atom stereocenters. The molecule has 0 aliphatic carbocycles. The lowest BCUT2D eigenvalue weighted by Gasteiger charge is -2.49. The second-order valence-corrected chi connectivity index (χ2v) is 19.5. The molecular formula is C50H70N6O18S. The van der Waals surface area contributed by atoms with Gasteiger partial charge in [-0.15, -0.1) is 0 Å². The molecule has 6 amide bonds. The number of alkyl carbamates (subject to hydrolysis) is 1. The maximum Gasteiger partial charge on any atom is 0.408 e. The molecule has 2 saturated heterocycles. The summed E-state index contributed by atoms with van der Waals surface area (Å²) in [7, 11) is 3.32. The molecule has 24 nitrogen and oxygen atoms in total. The van der Waals surface area contributed by atoms with E-state index in [9.17, 15) is 43.2 Å². The fourth-order valence-electron chi connectivity index (χ4n) is 7.52. The van der Waals surface area contributed by atoms with Crippen LogP contribution in [0.5, 0.6) is 0 Å². The minimum absolute atomic E-state index is 0.0453. The summed E-state index contributed by atoms with van der Waals surface area (Å²) in [5.41, 5.74) is 0.656. The van der Waals surface area contributed by atoms with Gasteiger partial charge in [-0.1, -0.05) is 60.7 Å². The van der Waals surface area contributed by atoms with E-state index in [-0.39, 0.29) is 31.1 Å². The van der Waals surface area contributed by atoms with E-state index in [4.69, 9.17) is 42.6 Å². The molecule has 0 aromatic heterocycles. The van der Waals surface area contributed by atoms with E-state index in [0.717, 1.165) is 38.7 Å². The number of hydrogen-bond acceptors (Lipinski definition) is 19.